The number of pyridine rings is 1. The molecule has 2 aromatic heterocycles. The fraction of sp³-hybridized carbons (Fsp3) is 0.250. The van der Waals surface area contributed by atoms with E-state index in [0.29, 0.717) is 0 Å². The van der Waals surface area contributed by atoms with E-state index >= 15 is 0 Å². The predicted octanol–water partition coefficient (Wildman–Crippen LogP) is 2.58. The van der Waals surface area contributed by atoms with Gasteiger partial charge in [-0.1, -0.05) is 12.8 Å². The van der Waals surface area contributed by atoms with Crippen molar-refractivity contribution in [3.05, 3.63) is 29.3 Å². The van der Waals surface area contributed by atoms with Crippen LogP contribution in [0.25, 0.3) is 10.2 Å². The Labute approximate surface area is 93.3 Å². The molecule has 0 aliphatic rings. The van der Waals surface area contributed by atoms with Crippen molar-refractivity contribution in [2.24, 2.45) is 0 Å². The zero-order valence-corrected chi connectivity index (χ0v) is 9.34. The van der Waals surface area contributed by atoms with Crippen molar-refractivity contribution >= 4 is 21.6 Å². The quantitative estimate of drug-likeness (QED) is 0.798. The Morgan fingerprint density at radius 2 is 2.53 bits per heavy atom. The lowest BCUT2D eigenvalue weighted by molar-refractivity contribution is 0.664. The summed E-state index contributed by atoms with van der Waals surface area (Å²) in [7, 11) is 0. The number of hydrogen-bond donors (Lipinski definition) is 1. The van der Waals surface area contributed by atoms with E-state index in [4.69, 9.17) is 6.42 Å². The van der Waals surface area contributed by atoms with Gasteiger partial charge in [-0.3, -0.25) is 4.98 Å². The maximum absolute atomic E-state index is 5.47. The van der Waals surface area contributed by atoms with E-state index in [-0.39, 0.29) is 6.04 Å². The summed E-state index contributed by atoms with van der Waals surface area (Å²) in [5.41, 5.74) is 2.10. The Morgan fingerprint density at radius 3 is 3.27 bits per heavy atom. The average molecular weight is 216 g/mol. The summed E-state index contributed by atoms with van der Waals surface area (Å²) in [6, 6.07) is 4.09. The molecule has 0 amide bonds. The number of nitrogens with one attached hydrogen (secondary N) is 1. The summed E-state index contributed by atoms with van der Waals surface area (Å²) < 4.78 is 1.19. The zero-order chi connectivity index (χ0) is 10.7. The van der Waals surface area contributed by atoms with Gasteiger partial charge in [-0.25, -0.2) is 0 Å². The molecule has 0 aromatic carbocycles. The second-order valence-electron chi connectivity index (χ2n) is 3.23. The molecule has 0 saturated heterocycles. The lowest BCUT2D eigenvalue weighted by atomic mass is 10.1. The van der Waals surface area contributed by atoms with Crippen LogP contribution in [-0.4, -0.2) is 11.5 Å². The van der Waals surface area contributed by atoms with Crippen LogP contribution < -0.4 is 5.32 Å². The minimum absolute atomic E-state index is 0.0333. The predicted molar refractivity (Wildman–Crippen MR) is 64.9 cm³/mol. The van der Waals surface area contributed by atoms with Gasteiger partial charge in [0.15, 0.2) is 0 Å². The molecule has 76 valence electrons. The van der Waals surface area contributed by atoms with Crippen molar-refractivity contribution in [1.82, 2.24) is 10.3 Å². The Hall–Kier alpha value is -1.37. The number of terminal acetylenes is 1. The van der Waals surface area contributed by atoms with E-state index in [1.807, 2.05) is 24.6 Å². The molecule has 0 aliphatic heterocycles. The molecule has 1 N–H and O–H groups in total. The second kappa shape index (κ2) is 4.43. The first-order valence-electron chi connectivity index (χ1n) is 4.88. The Morgan fingerprint density at radius 1 is 1.67 bits per heavy atom. The van der Waals surface area contributed by atoms with Crippen molar-refractivity contribution < 1.29 is 0 Å². The van der Waals surface area contributed by atoms with Gasteiger partial charge in [0, 0.05) is 11.8 Å². The minimum Gasteiger partial charge on any atom is -0.300 e. The molecule has 1 atom stereocenters. The van der Waals surface area contributed by atoms with Crippen LogP contribution in [0.2, 0.25) is 0 Å². The lowest BCUT2D eigenvalue weighted by Gasteiger charge is -2.10. The van der Waals surface area contributed by atoms with Gasteiger partial charge in [0.1, 0.15) is 0 Å². The molecule has 0 radical (unpaired) electrons. The molecular formula is C12H12N2S. The minimum atomic E-state index is -0.0333. The number of thiophene rings is 1. The van der Waals surface area contributed by atoms with E-state index in [2.05, 4.69) is 22.3 Å². The van der Waals surface area contributed by atoms with Gasteiger partial charge in [-0.15, -0.1) is 17.8 Å². The molecule has 0 saturated carbocycles. The number of nitrogens with zero attached hydrogens (tertiary/aromatic N) is 1. The molecule has 0 aliphatic carbocycles. The first kappa shape index (κ1) is 10.2. The van der Waals surface area contributed by atoms with Gasteiger partial charge in [0.2, 0.25) is 0 Å². The molecule has 0 fully saturated rings. The Bertz CT molecular complexity index is 496. The third kappa shape index (κ3) is 2.01. The van der Waals surface area contributed by atoms with Gasteiger partial charge >= 0.3 is 0 Å². The van der Waals surface area contributed by atoms with Crippen molar-refractivity contribution in [3.8, 4) is 12.3 Å². The summed E-state index contributed by atoms with van der Waals surface area (Å²) >= 11 is 1.69. The van der Waals surface area contributed by atoms with Crippen LogP contribution in [0.5, 0.6) is 0 Å². The number of aromatic nitrogens is 1. The summed E-state index contributed by atoms with van der Waals surface area (Å²) in [6.45, 7) is 2.90. The van der Waals surface area contributed by atoms with Crippen LogP contribution in [0.15, 0.2) is 23.7 Å². The topological polar surface area (TPSA) is 24.9 Å². The van der Waals surface area contributed by atoms with Crippen LogP contribution in [0.3, 0.4) is 0 Å². The summed E-state index contributed by atoms with van der Waals surface area (Å²) in [5, 5.41) is 5.28. The van der Waals surface area contributed by atoms with Gasteiger partial charge in [-0.05, 0) is 24.1 Å². The molecule has 2 aromatic rings. The number of rotatable bonds is 3. The van der Waals surface area contributed by atoms with Gasteiger partial charge in [-0.2, -0.15) is 0 Å². The highest BCUT2D eigenvalue weighted by Crippen LogP contribution is 2.22. The highest BCUT2D eigenvalue weighted by Gasteiger charge is 2.08. The largest absolute Gasteiger partial charge is 0.300 e. The fourth-order valence-corrected chi connectivity index (χ4v) is 2.29. The van der Waals surface area contributed by atoms with Crippen LogP contribution in [0.4, 0.5) is 0 Å². The number of fused-ring (bicyclic) bond motifs is 1. The van der Waals surface area contributed by atoms with Crippen molar-refractivity contribution in [2.75, 3.05) is 6.54 Å². The van der Waals surface area contributed by atoms with Crippen molar-refractivity contribution in [3.63, 3.8) is 0 Å². The Kier molecular flexibility index (Phi) is 3.00. The third-order valence-electron chi connectivity index (χ3n) is 2.23. The fourth-order valence-electron chi connectivity index (χ4n) is 1.50. The van der Waals surface area contributed by atoms with Crippen LogP contribution in [0.1, 0.15) is 18.5 Å². The van der Waals surface area contributed by atoms with Gasteiger partial charge in [0.25, 0.3) is 0 Å². The highest BCUT2D eigenvalue weighted by molar-refractivity contribution is 7.17. The standard InChI is InChI=1S/C12H12N2S/c1-3-10(13-4-2)9-7-12-11(14-8-9)5-6-15-12/h1,5-8,10,13H,4H2,2H3. The first-order valence-corrected chi connectivity index (χ1v) is 5.75. The van der Waals surface area contributed by atoms with Crippen molar-refractivity contribution in [2.45, 2.75) is 13.0 Å². The highest BCUT2D eigenvalue weighted by atomic mass is 32.1. The van der Waals surface area contributed by atoms with E-state index < -0.39 is 0 Å². The molecule has 2 heterocycles. The molecule has 2 nitrogen and oxygen atoms in total. The van der Waals surface area contributed by atoms with E-state index in [1.165, 1.54) is 4.70 Å². The monoisotopic (exact) mass is 216 g/mol. The normalized spacial score (nSPS) is 12.5. The Balaban J connectivity index is 2.38. The molecule has 0 spiro atoms. The molecule has 15 heavy (non-hydrogen) atoms. The molecule has 3 heteroatoms. The van der Waals surface area contributed by atoms with E-state index in [9.17, 15) is 0 Å². The molecule has 2 rings (SSSR count). The molecule has 1 unspecified atom stereocenters. The smallest absolute Gasteiger partial charge is 0.0958 e. The third-order valence-corrected chi connectivity index (χ3v) is 3.09. The maximum atomic E-state index is 5.47. The van der Waals surface area contributed by atoms with Crippen molar-refractivity contribution in [1.29, 1.82) is 0 Å². The average Bonchev–Trinajstić information content (AvgIpc) is 2.72. The molecule has 0 bridgehead atoms. The summed E-state index contributed by atoms with van der Waals surface area (Å²) in [6.07, 6.45) is 7.32. The van der Waals surface area contributed by atoms with Crippen LogP contribution in [-0.2, 0) is 0 Å². The first-order chi connectivity index (χ1) is 7.35. The van der Waals surface area contributed by atoms with Gasteiger partial charge in [0.05, 0.1) is 16.3 Å². The SMILES string of the molecule is C#CC(NCC)c1cnc2ccsc2c1. The summed E-state index contributed by atoms with van der Waals surface area (Å²) in [4.78, 5) is 4.37. The number of hydrogen-bond acceptors (Lipinski definition) is 3. The summed E-state index contributed by atoms with van der Waals surface area (Å²) in [5.74, 6) is 2.73. The zero-order valence-electron chi connectivity index (χ0n) is 8.53. The van der Waals surface area contributed by atoms with E-state index in [1.54, 1.807) is 11.3 Å². The lowest BCUT2D eigenvalue weighted by Crippen LogP contribution is -2.19. The van der Waals surface area contributed by atoms with Crippen LogP contribution in [0, 0.1) is 12.3 Å². The van der Waals surface area contributed by atoms with Gasteiger partial charge < -0.3 is 5.32 Å². The van der Waals surface area contributed by atoms with E-state index in [0.717, 1.165) is 17.6 Å². The van der Waals surface area contributed by atoms with Crippen LogP contribution >= 0.6 is 11.3 Å². The maximum Gasteiger partial charge on any atom is 0.0958 e. The second-order valence-corrected chi connectivity index (χ2v) is 4.18. The molecular weight excluding hydrogens is 204 g/mol.